The van der Waals surface area contributed by atoms with E-state index in [1.54, 1.807) is 27.7 Å². The van der Waals surface area contributed by atoms with Crippen molar-refractivity contribution in [1.82, 2.24) is 10.6 Å². The summed E-state index contributed by atoms with van der Waals surface area (Å²) in [4.78, 5) is 24.1. The maximum Gasteiger partial charge on any atom is 0.412 e. The Kier molecular flexibility index (Phi) is 6.82. The molecule has 1 aromatic carbocycles. The Morgan fingerprint density at radius 3 is 2.09 bits per heavy atom. The smallest absolute Gasteiger partial charge is 0.412 e. The van der Waals surface area contributed by atoms with Crippen LogP contribution < -0.4 is 10.6 Å². The van der Waals surface area contributed by atoms with Crippen LogP contribution in [-0.4, -0.2) is 18.1 Å². The number of amides is 2. The first-order valence-electron chi connectivity index (χ1n) is 7.73. The predicted molar refractivity (Wildman–Crippen MR) is 90.9 cm³/mol. The van der Waals surface area contributed by atoms with Crippen molar-refractivity contribution in [3.05, 3.63) is 46.7 Å². The third-order valence-corrected chi connectivity index (χ3v) is 3.22. The summed E-state index contributed by atoms with van der Waals surface area (Å²) in [5.74, 6) is -0.334. The van der Waals surface area contributed by atoms with Crippen molar-refractivity contribution in [3.8, 4) is 0 Å². The van der Waals surface area contributed by atoms with Crippen LogP contribution in [0.15, 0.2) is 35.5 Å². The average molecular weight is 318 g/mol. The highest BCUT2D eigenvalue weighted by molar-refractivity contribution is 5.97. The third kappa shape index (κ3) is 6.14. The topological polar surface area (TPSA) is 67.4 Å². The maximum absolute atomic E-state index is 12.4. The Morgan fingerprint density at radius 1 is 1.04 bits per heavy atom. The second-order valence-electron chi connectivity index (χ2n) is 6.06. The fraction of sp³-hybridized carbons (Fsp3) is 0.444. The third-order valence-electron chi connectivity index (χ3n) is 3.22. The monoisotopic (exact) mass is 318 g/mol. The van der Waals surface area contributed by atoms with Crippen LogP contribution >= 0.6 is 0 Å². The molecule has 0 heterocycles. The number of carbonyl (C=O) groups is 2. The molecule has 5 nitrogen and oxygen atoms in total. The molecule has 1 unspecified atom stereocenters. The molecule has 0 bridgehead atoms. The Balaban J connectivity index is 2.77. The lowest BCUT2D eigenvalue weighted by Gasteiger charge is -2.18. The van der Waals surface area contributed by atoms with Crippen molar-refractivity contribution in [2.75, 3.05) is 0 Å². The molecule has 0 fully saturated rings. The SMILES string of the molecule is CC(C)=C(NC(=O)OC(C)C)C(=O)NC(C)c1ccc(C)cc1. The van der Waals surface area contributed by atoms with Gasteiger partial charge in [0.2, 0.25) is 0 Å². The molecule has 0 aliphatic rings. The largest absolute Gasteiger partial charge is 0.447 e. The molecule has 126 valence electrons. The van der Waals surface area contributed by atoms with E-state index in [9.17, 15) is 9.59 Å². The molecular formula is C18H26N2O3. The zero-order valence-electron chi connectivity index (χ0n) is 14.7. The van der Waals surface area contributed by atoms with E-state index < -0.39 is 6.09 Å². The van der Waals surface area contributed by atoms with Crippen molar-refractivity contribution in [1.29, 1.82) is 0 Å². The highest BCUT2D eigenvalue weighted by Crippen LogP contribution is 2.14. The summed E-state index contributed by atoms with van der Waals surface area (Å²) in [7, 11) is 0. The molecule has 0 radical (unpaired) electrons. The Morgan fingerprint density at radius 2 is 1.61 bits per heavy atom. The predicted octanol–water partition coefficient (Wildman–Crippen LogP) is 3.60. The molecule has 0 aliphatic heterocycles. The lowest BCUT2D eigenvalue weighted by atomic mass is 10.1. The second-order valence-corrected chi connectivity index (χ2v) is 6.06. The molecule has 1 aromatic rings. The summed E-state index contributed by atoms with van der Waals surface area (Å²) in [5, 5.41) is 5.41. The van der Waals surface area contributed by atoms with Gasteiger partial charge >= 0.3 is 6.09 Å². The Labute approximate surface area is 138 Å². The normalized spacial score (nSPS) is 11.6. The van der Waals surface area contributed by atoms with E-state index in [0.29, 0.717) is 5.57 Å². The molecule has 5 heteroatoms. The molecule has 0 saturated heterocycles. The lowest BCUT2D eigenvalue weighted by Crippen LogP contribution is -2.37. The van der Waals surface area contributed by atoms with Gasteiger partial charge in [-0.2, -0.15) is 0 Å². The first-order chi connectivity index (χ1) is 10.7. The molecule has 2 amide bonds. The summed E-state index contributed by atoms with van der Waals surface area (Å²) in [6.07, 6.45) is -0.878. The van der Waals surface area contributed by atoms with Gasteiger partial charge in [-0.25, -0.2) is 4.79 Å². The van der Waals surface area contributed by atoms with E-state index in [2.05, 4.69) is 10.6 Å². The maximum atomic E-state index is 12.4. The van der Waals surface area contributed by atoms with Gasteiger partial charge in [0, 0.05) is 0 Å². The number of aryl methyl sites for hydroxylation is 1. The van der Waals surface area contributed by atoms with Crippen LogP contribution in [0.4, 0.5) is 4.79 Å². The fourth-order valence-electron chi connectivity index (χ4n) is 1.96. The van der Waals surface area contributed by atoms with Gasteiger partial charge in [0.1, 0.15) is 5.70 Å². The Bertz CT molecular complexity index is 585. The van der Waals surface area contributed by atoms with Gasteiger partial charge < -0.3 is 10.1 Å². The van der Waals surface area contributed by atoms with E-state index in [1.807, 2.05) is 38.1 Å². The lowest BCUT2D eigenvalue weighted by molar-refractivity contribution is -0.118. The van der Waals surface area contributed by atoms with Crippen LogP contribution in [-0.2, 0) is 9.53 Å². The Hall–Kier alpha value is -2.30. The van der Waals surface area contributed by atoms with Crippen molar-refractivity contribution in [2.24, 2.45) is 0 Å². The van der Waals surface area contributed by atoms with Crippen molar-refractivity contribution in [2.45, 2.75) is 53.7 Å². The number of rotatable bonds is 5. The minimum atomic E-state index is -0.630. The number of ether oxygens (including phenoxy) is 1. The van der Waals surface area contributed by atoms with Crippen LogP contribution in [0.25, 0.3) is 0 Å². The molecular weight excluding hydrogens is 292 g/mol. The number of alkyl carbamates (subject to hydrolysis) is 1. The summed E-state index contributed by atoms with van der Waals surface area (Å²) in [5.41, 5.74) is 3.09. The van der Waals surface area contributed by atoms with Gasteiger partial charge in [-0.05, 0) is 52.7 Å². The number of hydrogen-bond acceptors (Lipinski definition) is 3. The van der Waals surface area contributed by atoms with E-state index >= 15 is 0 Å². The number of hydrogen-bond donors (Lipinski definition) is 2. The fourth-order valence-corrected chi connectivity index (χ4v) is 1.96. The molecule has 1 rings (SSSR count). The van der Waals surface area contributed by atoms with Crippen molar-refractivity contribution >= 4 is 12.0 Å². The molecule has 0 aromatic heterocycles. The number of carbonyl (C=O) groups excluding carboxylic acids is 2. The van der Waals surface area contributed by atoms with E-state index in [4.69, 9.17) is 4.74 Å². The summed E-state index contributed by atoms with van der Waals surface area (Å²) < 4.78 is 5.02. The standard InChI is InChI=1S/C18H26N2O3/c1-11(2)16(20-18(22)23-12(3)4)17(21)19-14(6)15-9-7-13(5)8-10-15/h7-10,12,14H,1-6H3,(H,19,21)(H,20,22). The van der Waals surface area contributed by atoms with E-state index in [0.717, 1.165) is 11.1 Å². The minimum absolute atomic E-state index is 0.166. The molecule has 0 saturated carbocycles. The summed E-state index contributed by atoms with van der Waals surface area (Å²) in [6.45, 7) is 10.9. The van der Waals surface area contributed by atoms with Crippen molar-refractivity contribution < 1.29 is 14.3 Å². The van der Waals surface area contributed by atoms with Gasteiger partial charge in [0.25, 0.3) is 5.91 Å². The number of nitrogens with one attached hydrogen (secondary N) is 2. The van der Waals surface area contributed by atoms with Gasteiger partial charge in [0.05, 0.1) is 12.1 Å². The zero-order valence-corrected chi connectivity index (χ0v) is 14.7. The highest BCUT2D eigenvalue weighted by Gasteiger charge is 2.18. The van der Waals surface area contributed by atoms with Crippen LogP contribution in [0.2, 0.25) is 0 Å². The molecule has 2 N–H and O–H groups in total. The first kappa shape index (κ1) is 18.7. The summed E-state index contributed by atoms with van der Waals surface area (Å²) in [6, 6.07) is 7.78. The average Bonchev–Trinajstić information content (AvgIpc) is 2.44. The quantitative estimate of drug-likeness (QED) is 0.815. The van der Waals surface area contributed by atoms with Crippen LogP contribution in [0.5, 0.6) is 0 Å². The number of allylic oxidation sites excluding steroid dienone is 1. The zero-order chi connectivity index (χ0) is 17.6. The molecule has 1 atom stereocenters. The first-order valence-corrected chi connectivity index (χ1v) is 7.73. The van der Waals surface area contributed by atoms with Gasteiger partial charge in [-0.1, -0.05) is 29.8 Å². The summed E-state index contributed by atoms with van der Waals surface area (Å²) >= 11 is 0. The van der Waals surface area contributed by atoms with Crippen LogP contribution in [0, 0.1) is 6.92 Å². The van der Waals surface area contributed by atoms with Crippen LogP contribution in [0.1, 0.15) is 51.8 Å². The molecule has 0 aliphatic carbocycles. The highest BCUT2D eigenvalue weighted by atomic mass is 16.6. The van der Waals surface area contributed by atoms with Crippen molar-refractivity contribution in [3.63, 3.8) is 0 Å². The number of benzene rings is 1. The van der Waals surface area contributed by atoms with Gasteiger partial charge in [0.15, 0.2) is 0 Å². The molecule has 23 heavy (non-hydrogen) atoms. The second kappa shape index (κ2) is 8.36. The minimum Gasteiger partial charge on any atom is -0.447 e. The molecule has 0 spiro atoms. The van der Waals surface area contributed by atoms with E-state index in [-0.39, 0.29) is 23.8 Å². The van der Waals surface area contributed by atoms with Gasteiger partial charge in [-0.3, -0.25) is 10.1 Å². The van der Waals surface area contributed by atoms with Gasteiger partial charge in [-0.15, -0.1) is 0 Å². The van der Waals surface area contributed by atoms with E-state index in [1.165, 1.54) is 0 Å². The van der Waals surface area contributed by atoms with Crippen LogP contribution in [0.3, 0.4) is 0 Å².